The molecule has 2 rings (SSSR count). The molecule has 116 valence electrons. The first-order valence-corrected chi connectivity index (χ1v) is 6.59. The Hall–Kier alpha value is -3.35. The topological polar surface area (TPSA) is 94.2 Å². The third-order valence-corrected chi connectivity index (χ3v) is 2.74. The van der Waals surface area contributed by atoms with Gasteiger partial charge in [0, 0.05) is 17.7 Å². The zero-order chi connectivity index (χ0) is 16.8. The summed E-state index contributed by atoms with van der Waals surface area (Å²) < 4.78 is 5.05. The van der Waals surface area contributed by atoms with Gasteiger partial charge < -0.3 is 4.74 Å². The summed E-state index contributed by atoms with van der Waals surface area (Å²) in [5.41, 5.74) is 1.35. The van der Waals surface area contributed by atoms with Gasteiger partial charge in [-0.1, -0.05) is 6.58 Å². The zero-order valence-electron chi connectivity index (χ0n) is 12.3. The number of rotatable bonds is 5. The monoisotopic (exact) mass is 311 g/mol. The first-order chi connectivity index (χ1) is 11.0. The van der Waals surface area contributed by atoms with Crippen LogP contribution in [0.2, 0.25) is 0 Å². The van der Waals surface area contributed by atoms with Crippen molar-refractivity contribution < 1.29 is 14.5 Å². The lowest BCUT2D eigenvalue weighted by Gasteiger charge is -2.03. The van der Waals surface area contributed by atoms with Gasteiger partial charge in [0.25, 0.3) is 5.69 Å². The van der Waals surface area contributed by atoms with E-state index in [1.165, 1.54) is 24.3 Å². The SMILES string of the molecule is C=C(C)C(=O)Oc1ccc(N=Nc2ccc([N+](=O)[O-])cc2)cc1. The standard InChI is InChI=1S/C16H13N3O4/c1-11(2)16(20)23-15-9-5-13(6-10-15)18-17-12-3-7-14(8-4-12)19(21)22/h3-10H,1H2,2H3. The van der Waals surface area contributed by atoms with Gasteiger partial charge in [-0.15, -0.1) is 0 Å². The van der Waals surface area contributed by atoms with E-state index in [0.717, 1.165) is 0 Å². The van der Waals surface area contributed by atoms with Crippen molar-refractivity contribution in [2.45, 2.75) is 6.92 Å². The number of non-ortho nitro benzene ring substituents is 1. The van der Waals surface area contributed by atoms with Crippen LogP contribution in [-0.2, 0) is 4.79 Å². The Morgan fingerprint density at radius 2 is 1.52 bits per heavy atom. The number of esters is 1. The van der Waals surface area contributed by atoms with Gasteiger partial charge in [0.15, 0.2) is 0 Å². The van der Waals surface area contributed by atoms with Crippen molar-refractivity contribution in [3.63, 3.8) is 0 Å². The molecule has 0 aliphatic carbocycles. The van der Waals surface area contributed by atoms with E-state index in [2.05, 4.69) is 16.8 Å². The molecule has 0 N–H and O–H groups in total. The predicted octanol–water partition coefficient (Wildman–Crippen LogP) is 4.49. The third-order valence-electron chi connectivity index (χ3n) is 2.74. The fourth-order valence-corrected chi connectivity index (χ4v) is 1.53. The molecule has 0 saturated carbocycles. The Bertz CT molecular complexity index is 765. The third kappa shape index (κ3) is 4.57. The van der Waals surface area contributed by atoms with E-state index in [4.69, 9.17) is 4.74 Å². The molecule has 0 atom stereocenters. The number of azo groups is 1. The molecular weight excluding hydrogens is 298 g/mol. The number of nitro benzene ring substituents is 1. The number of benzene rings is 2. The Balaban J connectivity index is 2.04. The molecule has 0 aliphatic heterocycles. The predicted molar refractivity (Wildman–Crippen MR) is 84.2 cm³/mol. The molecule has 0 unspecified atom stereocenters. The van der Waals surface area contributed by atoms with E-state index in [0.29, 0.717) is 22.7 Å². The quantitative estimate of drug-likeness (QED) is 0.203. The average Bonchev–Trinajstić information content (AvgIpc) is 2.54. The van der Waals surface area contributed by atoms with E-state index in [-0.39, 0.29) is 5.69 Å². The molecule has 0 spiro atoms. The van der Waals surface area contributed by atoms with Crippen molar-refractivity contribution in [1.82, 2.24) is 0 Å². The van der Waals surface area contributed by atoms with Crippen molar-refractivity contribution in [3.8, 4) is 5.75 Å². The number of ether oxygens (including phenoxy) is 1. The van der Waals surface area contributed by atoms with Gasteiger partial charge >= 0.3 is 5.97 Å². The number of hydrogen-bond acceptors (Lipinski definition) is 6. The van der Waals surface area contributed by atoms with Crippen molar-refractivity contribution in [3.05, 3.63) is 70.8 Å². The Labute approximate surface area is 132 Å². The number of nitro groups is 1. The highest BCUT2D eigenvalue weighted by Gasteiger charge is 2.05. The van der Waals surface area contributed by atoms with E-state index >= 15 is 0 Å². The smallest absolute Gasteiger partial charge is 0.338 e. The van der Waals surface area contributed by atoms with Crippen LogP contribution in [0.4, 0.5) is 17.1 Å². The van der Waals surface area contributed by atoms with Crippen LogP contribution in [-0.4, -0.2) is 10.9 Å². The lowest BCUT2D eigenvalue weighted by atomic mass is 10.3. The van der Waals surface area contributed by atoms with E-state index in [9.17, 15) is 14.9 Å². The Morgan fingerprint density at radius 1 is 1.04 bits per heavy atom. The number of carbonyl (C=O) groups is 1. The Morgan fingerprint density at radius 3 is 1.96 bits per heavy atom. The summed E-state index contributed by atoms with van der Waals surface area (Å²) in [6.45, 7) is 5.06. The first-order valence-electron chi connectivity index (χ1n) is 6.59. The Kier molecular flexibility index (Phi) is 4.93. The molecule has 0 radical (unpaired) electrons. The second kappa shape index (κ2) is 7.08. The molecule has 0 aromatic heterocycles. The van der Waals surface area contributed by atoms with E-state index in [1.54, 1.807) is 31.2 Å². The lowest BCUT2D eigenvalue weighted by molar-refractivity contribution is -0.384. The van der Waals surface area contributed by atoms with Crippen LogP contribution in [0.25, 0.3) is 0 Å². The van der Waals surface area contributed by atoms with Crippen molar-refractivity contribution in [2.75, 3.05) is 0 Å². The summed E-state index contributed by atoms with van der Waals surface area (Å²) in [6, 6.07) is 12.2. The van der Waals surface area contributed by atoms with Gasteiger partial charge in [0.2, 0.25) is 0 Å². The molecule has 0 aliphatic rings. The maximum atomic E-state index is 11.4. The minimum atomic E-state index is -0.495. The van der Waals surface area contributed by atoms with Crippen molar-refractivity contribution in [1.29, 1.82) is 0 Å². The van der Waals surface area contributed by atoms with Crippen molar-refractivity contribution >= 4 is 23.0 Å². The molecule has 0 amide bonds. The number of nitrogens with zero attached hydrogens (tertiary/aromatic N) is 3. The normalized spacial score (nSPS) is 10.5. The molecule has 23 heavy (non-hydrogen) atoms. The van der Waals surface area contributed by atoms with Gasteiger partial charge in [-0.3, -0.25) is 10.1 Å². The molecular formula is C16H13N3O4. The minimum absolute atomic E-state index is 0.00682. The van der Waals surface area contributed by atoms with Crippen LogP contribution < -0.4 is 4.74 Å². The summed E-state index contributed by atoms with van der Waals surface area (Å²) in [6.07, 6.45) is 0. The molecule has 0 fully saturated rings. The minimum Gasteiger partial charge on any atom is -0.423 e. The molecule has 0 saturated heterocycles. The van der Waals surface area contributed by atoms with E-state index in [1.807, 2.05) is 0 Å². The lowest BCUT2D eigenvalue weighted by Crippen LogP contribution is -2.07. The highest BCUT2D eigenvalue weighted by molar-refractivity contribution is 5.88. The van der Waals surface area contributed by atoms with Gasteiger partial charge in [-0.2, -0.15) is 10.2 Å². The second-order valence-electron chi connectivity index (χ2n) is 4.64. The van der Waals surface area contributed by atoms with Crippen LogP contribution >= 0.6 is 0 Å². The molecule has 0 bridgehead atoms. The fourth-order valence-electron chi connectivity index (χ4n) is 1.53. The molecule has 2 aromatic carbocycles. The molecule has 7 nitrogen and oxygen atoms in total. The summed E-state index contributed by atoms with van der Waals surface area (Å²) in [4.78, 5) is 21.4. The van der Waals surface area contributed by atoms with Gasteiger partial charge in [-0.05, 0) is 43.3 Å². The van der Waals surface area contributed by atoms with Gasteiger partial charge in [0.05, 0.1) is 16.3 Å². The highest BCUT2D eigenvalue weighted by Crippen LogP contribution is 2.23. The number of carbonyl (C=O) groups excluding carboxylic acids is 1. The summed E-state index contributed by atoms with van der Waals surface area (Å²) >= 11 is 0. The van der Waals surface area contributed by atoms with Crippen LogP contribution in [0.1, 0.15) is 6.92 Å². The van der Waals surface area contributed by atoms with E-state index < -0.39 is 10.9 Å². The second-order valence-corrected chi connectivity index (χ2v) is 4.64. The van der Waals surface area contributed by atoms with Gasteiger partial charge in [0.1, 0.15) is 5.75 Å². The van der Waals surface area contributed by atoms with Gasteiger partial charge in [-0.25, -0.2) is 4.79 Å². The van der Waals surface area contributed by atoms with Crippen LogP contribution in [0.15, 0.2) is 70.9 Å². The maximum absolute atomic E-state index is 11.4. The first kappa shape index (κ1) is 16.0. The number of hydrogen-bond donors (Lipinski definition) is 0. The average molecular weight is 311 g/mol. The van der Waals surface area contributed by atoms with Crippen LogP contribution in [0, 0.1) is 10.1 Å². The van der Waals surface area contributed by atoms with Crippen LogP contribution in [0.5, 0.6) is 5.75 Å². The summed E-state index contributed by atoms with van der Waals surface area (Å²) in [7, 11) is 0. The van der Waals surface area contributed by atoms with Crippen molar-refractivity contribution in [2.24, 2.45) is 10.2 Å². The summed E-state index contributed by atoms with van der Waals surface area (Å²) in [5.74, 6) is -0.113. The van der Waals surface area contributed by atoms with Crippen LogP contribution in [0.3, 0.4) is 0 Å². The highest BCUT2D eigenvalue weighted by atomic mass is 16.6. The molecule has 2 aromatic rings. The maximum Gasteiger partial charge on any atom is 0.338 e. The molecule has 0 heterocycles. The fraction of sp³-hybridized carbons (Fsp3) is 0.0625. The zero-order valence-corrected chi connectivity index (χ0v) is 12.3. The summed E-state index contributed by atoms with van der Waals surface area (Å²) in [5, 5.41) is 18.5. The molecule has 7 heteroatoms. The largest absolute Gasteiger partial charge is 0.423 e.